The highest BCUT2D eigenvalue weighted by Crippen LogP contribution is 2.31. The first-order valence-corrected chi connectivity index (χ1v) is 9.79. The Labute approximate surface area is 181 Å². The van der Waals surface area contributed by atoms with Crippen LogP contribution in [0.15, 0.2) is 48.8 Å². The number of rotatable bonds is 6. The van der Waals surface area contributed by atoms with E-state index in [9.17, 15) is 23.1 Å². The largest absolute Gasteiger partial charge is 0.384 e. The second kappa shape index (κ2) is 8.46. The van der Waals surface area contributed by atoms with Crippen molar-refractivity contribution in [3.05, 3.63) is 77.4 Å². The molecule has 0 spiro atoms. The van der Waals surface area contributed by atoms with Crippen molar-refractivity contribution in [3.8, 4) is 0 Å². The standard InChI is InChI=1S/C22H20F3N5O2/c1-13-3-6-17(16(24)9-13)29-19-14(4-5-15(23)18(19)25)20(31)30-11-22(32,12-30)10-28-21-26-7-2-8-27-21/h2-9,29,32H,10-12H2,1H3,(H,26,27,28). The van der Waals surface area contributed by atoms with Crippen LogP contribution in [0.2, 0.25) is 0 Å². The number of anilines is 3. The molecule has 7 nitrogen and oxygen atoms in total. The van der Waals surface area contributed by atoms with E-state index in [4.69, 9.17) is 0 Å². The van der Waals surface area contributed by atoms with Crippen molar-refractivity contribution in [1.82, 2.24) is 14.9 Å². The molecule has 166 valence electrons. The van der Waals surface area contributed by atoms with Gasteiger partial charge in [-0.3, -0.25) is 4.79 Å². The highest BCUT2D eigenvalue weighted by molar-refractivity contribution is 6.01. The van der Waals surface area contributed by atoms with E-state index in [2.05, 4.69) is 20.6 Å². The number of β-amino-alcohol motifs (C(OH)–C–C–N with tert-alkyl or cyclic N) is 1. The zero-order chi connectivity index (χ0) is 22.9. The third kappa shape index (κ3) is 4.35. The van der Waals surface area contributed by atoms with Crippen molar-refractivity contribution in [3.63, 3.8) is 0 Å². The number of hydrogen-bond acceptors (Lipinski definition) is 6. The third-order valence-electron chi connectivity index (χ3n) is 5.11. The van der Waals surface area contributed by atoms with E-state index in [0.29, 0.717) is 11.5 Å². The van der Waals surface area contributed by atoms with Crippen LogP contribution in [-0.4, -0.2) is 51.1 Å². The maximum absolute atomic E-state index is 14.6. The molecular weight excluding hydrogens is 423 g/mol. The SMILES string of the molecule is Cc1ccc(Nc2c(C(=O)N3CC(O)(CNc4ncccn4)C3)ccc(F)c2F)c(F)c1. The molecule has 0 bridgehead atoms. The van der Waals surface area contributed by atoms with Crippen LogP contribution in [0.4, 0.5) is 30.5 Å². The number of amides is 1. The molecule has 2 heterocycles. The van der Waals surface area contributed by atoms with E-state index in [1.165, 1.54) is 17.0 Å². The van der Waals surface area contributed by atoms with Crippen molar-refractivity contribution in [2.24, 2.45) is 0 Å². The predicted molar refractivity (Wildman–Crippen MR) is 112 cm³/mol. The smallest absolute Gasteiger partial charge is 0.256 e. The van der Waals surface area contributed by atoms with Gasteiger partial charge in [0, 0.05) is 12.4 Å². The van der Waals surface area contributed by atoms with Gasteiger partial charge in [0.2, 0.25) is 5.95 Å². The van der Waals surface area contributed by atoms with Gasteiger partial charge >= 0.3 is 0 Å². The van der Waals surface area contributed by atoms with Crippen LogP contribution >= 0.6 is 0 Å². The van der Waals surface area contributed by atoms with Crippen LogP contribution < -0.4 is 10.6 Å². The van der Waals surface area contributed by atoms with E-state index in [1.807, 2.05) is 0 Å². The first kappa shape index (κ1) is 21.6. The number of benzene rings is 2. The quantitative estimate of drug-likeness (QED) is 0.542. The number of nitrogens with zero attached hydrogens (tertiary/aromatic N) is 3. The Morgan fingerprint density at radius 3 is 2.53 bits per heavy atom. The molecule has 0 aliphatic carbocycles. The molecule has 32 heavy (non-hydrogen) atoms. The van der Waals surface area contributed by atoms with Gasteiger partial charge in [-0.1, -0.05) is 6.07 Å². The summed E-state index contributed by atoms with van der Waals surface area (Å²) in [7, 11) is 0. The lowest BCUT2D eigenvalue weighted by molar-refractivity contribution is -0.0707. The second-order valence-electron chi connectivity index (χ2n) is 7.70. The third-order valence-corrected chi connectivity index (χ3v) is 5.11. The number of aliphatic hydroxyl groups is 1. The second-order valence-corrected chi connectivity index (χ2v) is 7.70. The van der Waals surface area contributed by atoms with Crippen LogP contribution in [0.5, 0.6) is 0 Å². The molecule has 1 aliphatic rings. The first-order valence-electron chi connectivity index (χ1n) is 9.79. The van der Waals surface area contributed by atoms with E-state index < -0.39 is 34.6 Å². The molecule has 1 aromatic heterocycles. The summed E-state index contributed by atoms with van der Waals surface area (Å²) in [6.45, 7) is 1.71. The highest BCUT2D eigenvalue weighted by Gasteiger charge is 2.44. The Kier molecular flexibility index (Phi) is 5.70. The number of aryl methyl sites for hydroxylation is 1. The molecule has 3 N–H and O–H groups in total. The van der Waals surface area contributed by atoms with E-state index in [0.717, 1.165) is 12.1 Å². The fourth-order valence-corrected chi connectivity index (χ4v) is 3.43. The maximum atomic E-state index is 14.6. The van der Waals surface area contributed by atoms with Crippen molar-refractivity contribution >= 4 is 23.2 Å². The van der Waals surface area contributed by atoms with Gasteiger partial charge in [-0.2, -0.15) is 0 Å². The molecule has 1 saturated heterocycles. The number of likely N-dealkylation sites (tertiary alicyclic amines) is 1. The fourth-order valence-electron chi connectivity index (χ4n) is 3.43. The Balaban J connectivity index is 1.50. The average molecular weight is 443 g/mol. The number of aromatic nitrogens is 2. The fraction of sp³-hybridized carbons (Fsp3) is 0.227. The van der Waals surface area contributed by atoms with Crippen LogP contribution in [0.25, 0.3) is 0 Å². The lowest BCUT2D eigenvalue weighted by atomic mass is 9.93. The topological polar surface area (TPSA) is 90.4 Å². The minimum Gasteiger partial charge on any atom is -0.384 e. The summed E-state index contributed by atoms with van der Waals surface area (Å²) in [6, 6.07) is 7.83. The van der Waals surface area contributed by atoms with Gasteiger partial charge < -0.3 is 20.6 Å². The van der Waals surface area contributed by atoms with Gasteiger partial charge in [0.1, 0.15) is 11.4 Å². The van der Waals surface area contributed by atoms with E-state index >= 15 is 0 Å². The van der Waals surface area contributed by atoms with Gasteiger partial charge in [-0.25, -0.2) is 23.1 Å². The summed E-state index contributed by atoms with van der Waals surface area (Å²) in [5.74, 6) is -3.43. The monoisotopic (exact) mass is 443 g/mol. The summed E-state index contributed by atoms with van der Waals surface area (Å²) in [6.07, 6.45) is 3.09. The zero-order valence-electron chi connectivity index (χ0n) is 17.1. The van der Waals surface area contributed by atoms with Crippen molar-refractivity contribution in [1.29, 1.82) is 0 Å². The molecule has 3 aromatic rings. The van der Waals surface area contributed by atoms with Gasteiger partial charge in [-0.05, 0) is 42.8 Å². The first-order chi connectivity index (χ1) is 15.3. The number of nitrogens with one attached hydrogen (secondary N) is 2. The highest BCUT2D eigenvalue weighted by atomic mass is 19.2. The summed E-state index contributed by atoms with van der Waals surface area (Å²) >= 11 is 0. The predicted octanol–water partition coefficient (Wildman–Crippen LogP) is 3.24. The summed E-state index contributed by atoms with van der Waals surface area (Å²) in [4.78, 5) is 22.2. The van der Waals surface area contributed by atoms with Crippen molar-refractivity contribution < 1.29 is 23.1 Å². The van der Waals surface area contributed by atoms with E-state index in [-0.39, 0.29) is 30.9 Å². The Hall–Kier alpha value is -3.66. The minimum absolute atomic E-state index is 0.0387. The zero-order valence-corrected chi connectivity index (χ0v) is 17.1. The molecule has 1 amide bonds. The lowest BCUT2D eigenvalue weighted by Crippen LogP contribution is -2.66. The van der Waals surface area contributed by atoms with E-state index in [1.54, 1.807) is 31.5 Å². The summed E-state index contributed by atoms with van der Waals surface area (Å²) in [5, 5.41) is 16.0. The minimum atomic E-state index is -1.30. The van der Waals surface area contributed by atoms with Crippen LogP contribution in [-0.2, 0) is 0 Å². The number of carbonyl (C=O) groups is 1. The Bertz CT molecular complexity index is 1150. The van der Waals surface area contributed by atoms with Crippen LogP contribution in [0, 0.1) is 24.4 Å². The number of carbonyl (C=O) groups excluding carboxylic acids is 1. The molecule has 2 aromatic carbocycles. The van der Waals surface area contributed by atoms with Crippen molar-refractivity contribution in [2.45, 2.75) is 12.5 Å². The van der Waals surface area contributed by atoms with Gasteiger partial charge in [0.25, 0.3) is 5.91 Å². The van der Waals surface area contributed by atoms with Gasteiger partial charge in [0.05, 0.1) is 36.6 Å². The molecule has 0 radical (unpaired) electrons. The van der Waals surface area contributed by atoms with Crippen molar-refractivity contribution in [2.75, 3.05) is 30.3 Å². The molecule has 1 aliphatic heterocycles. The summed E-state index contributed by atoms with van der Waals surface area (Å²) in [5.41, 5.74) is -1.32. The molecule has 0 saturated carbocycles. The van der Waals surface area contributed by atoms with Crippen LogP contribution in [0.1, 0.15) is 15.9 Å². The van der Waals surface area contributed by atoms with Crippen LogP contribution in [0.3, 0.4) is 0 Å². The maximum Gasteiger partial charge on any atom is 0.256 e. The normalized spacial score (nSPS) is 14.6. The molecule has 4 rings (SSSR count). The lowest BCUT2D eigenvalue weighted by Gasteiger charge is -2.46. The molecule has 10 heteroatoms. The summed E-state index contributed by atoms with van der Waals surface area (Å²) < 4.78 is 42.7. The Morgan fingerprint density at radius 2 is 1.84 bits per heavy atom. The molecule has 1 fully saturated rings. The van der Waals surface area contributed by atoms with Gasteiger partial charge in [-0.15, -0.1) is 0 Å². The Morgan fingerprint density at radius 1 is 1.12 bits per heavy atom. The number of halogens is 3. The molecule has 0 unspecified atom stereocenters. The molecule has 0 atom stereocenters. The van der Waals surface area contributed by atoms with Gasteiger partial charge in [0.15, 0.2) is 11.6 Å². The average Bonchev–Trinajstić information content (AvgIpc) is 2.75. The number of hydrogen-bond donors (Lipinski definition) is 3. The molecular formula is C22H20F3N5O2.